The van der Waals surface area contributed by atoms with Crippen LogP contribution in [0.3, 0.4) is 0 Å². The highest BCUT2D eigenvalue weighted by molar-refractivity contribution is 5.89. The summed E-state index contributed by atoms with van der Waals surface area (Å²) >= 11 is 0. The number of carbonyl (C=O) groups is 2. The molecule has 86 valence electrons. The van der Waals surface area contributed by atoms with Crippen LogP contribution in [0, 0.1) is 0 Å². The van der Waals surface area contributed by atoms with Gasteiger partial charge in [0.2, 0.25) is 0 Å². The summed E-state index contributed by atoms with van der Waals surface area (Å²) in [6, 6.07) is 0. The summed E-state index contributed by atoms with van der Waals surface area (Å²) in [6.45, 7) is 3.62. The molecule has 1 amide bonds. The largest absolute Gasteiger partial charge is 0.450 e. The zero-order chi connectivity index (χ0) is 11.3. The minimum absolute atomic E-state index is 0.0373. The van der Waals surface area contributed by atoms with Gasteiger partial charge in [0.15, 0.2) is 5.78 Å². The van der Waals surface area contributed by atoms with Gasteiger partial charge in [-0.25, -0.2) is 4.79 Å². The fraction of sp³-hybridized carbons (Fsp3) is 0.818. The Balaban J connectivity index is 2.64. The zero-order valence-corrected chi connectivity index (χ0v) is 9.47. The van der Waals surface area contributed by atoms with Gasteiger partial charge in [-0.05, 0) is 26.7 Å². The fourth-order valence-electron chi connectivity index (χ4n) is 2.08. The molecule has 0 aromatic rings. The lowest BCUT2D eigenvalue weighted by Crippen LogP contribution is -2.54. The molecule has 0 heterocycles. The monoisotopic (exact) mass is 213 g/mol. The molecule has 1 aliphatic rings. The molecule has 0 aromatic heterocycles. The average molecular weight is 213 g/mol. The quantitative estimate of drug-likeness (QED) is 0.780. The van der Waals surface area contributed by atoms with Crippen LogP contribution >= 0.6 is 0 Å². The van der Waals surface area contributed by atoms with Crippen molar-refractivity contribution in [1.29, 1.82) is 0 Å². The van der Waals surface area contributed by atoms with Gasteiger partial charge >= 0.3 is 6.09 Å². The minimum atomic E-state index is -0.662. The van der Waals surface area contributed by atoms with Crippen molar-refractivity contribution in [1.82, 2.24) is 5.32 Å². The van der Waals surface area contributed by atoms with Crippen LogP contribution in [0.5, 0.6) is 0 Å². The van der Waals surface area contributed by atoms with Crippen molar-refractivity contribution in [3.05, 3.63) is 0 Å². The second-order valence-corrected chi connectivity index (χ2v) is 4.04. The van der Waals surface area contributed by atoms with Crippen molar-refractivity contribution in [2.45, 2.75) is 51.5 Å². The van der Waals surface area contributed by atoms with Gasteiger partial charge in [0.25, 0.3) is 0 Å². The Hall–Kier alpha value is -1.06. The van der Waals surface area contributed by atoms with E-state index in [4.69, 9.17) is 4.74 Å². The van der Waals surface area contributed by atoms with Gasteiger partial charge in [-0.3, -0.25) is 4.79 Å². The van der Waals surface area contributed by atoms with E-state index in [0.717, 1.165) is 32.1 Å². The third-order valence-corrected chi connectivity index (χ3v) is 3.00. The molecule has 0 aliphatic heterocycles. The molecular weight excluding hydrogens is 194 g/mol. The maximum atomic E-state index is 11.6. The van der Waals surface area contributed by atoms with Crippen LogP contribution in [-0.2, 0) is 9.53 Å². The molecule has 1 rings (SSSR count). The molecule has 1 fully saturated rings. The topological polar surface area (TPSA) is 55.4 Å². The molecule has 0 saturated heterocycles. The number of Topliss-reactive ketones (excluding diaryl/α,β-unsaturated/α-hetero) is 1. The zero-order valence-electron chi connectivity index (χ0n) is 9.47. The van der Waals surface area contributed by atoms with Gasteiger partial charge in [0.05, 0.1) is 6.61 Å². The first-order valence-electron chi connectivity index (χ1n) is 5.57. The van der Waals surface area contributed by atoms with Crippen LogP contribution in [0.15, 0.2) is 0 Å². The first kappa shape index (κ1) is 12.0. The highest BCUT2D eigenvalue weighted by atomic mass is 16.5. The summed E-state index contributed by atoms with van der Waals surface area (Å²) in [4.78, 5) is 22.9. The van der Waals surface area contributed by atoms with Gasteiger partial charge in [-0.15, -0.1) is 0 Å². The van der Waals surface area contributed by atoms with E-state index in [1.54, 1.807) is 6.92 Å². The Bertz CT molecular complexity index is 244. The molecular formula is C11H19NO3. The Morgan fingerprint density at radius 2 is 1.87 bits per heavy atom. The summed E-state index contributed by atoms with van der Waals surface area (Å²) in [7, 11) is 0. The van der Waals surface area contributed by atoms with Crippen molar-refractivity contribution in [2.24, 2.45) is 0 Å². The standard InChI is InChI=1S/C11H19NO3/c1-3-15-10(14)12-11(9(2)13)7-5-4-6-8-11/h3-8H2,1-2H3,(H,12,14). The molecule has 15 heavy (non-hydrogen) atoms. The van der Waals surface area contributed by atoms with Crippen LogP contribution in [0.25, 0.3) is 0 Å². The van der Waals surface area contributed by atoms with Gasteiger partial charge in [0, 0.05) is 0 Å². The van der Waals surface area contributed by atoms with E-state index < -0.39 is 11.6 Å². The molecule has 0 unspecified atom stereocenters. The van der Waals surface area contributed by atoms with Crippen molar-refractivity contribution >= 4 is 11.9 Å². The summed E-state index contributed by atoms with van der Waals surface area (Å²) in [5, 5.41) is 2.72. The number of rotatable bonds is 3. The summed E-state index contributed by atoms with van der Waals surface area (Å²) in [5.74, 6) is 0.0373. The van der Waals surface area contributed by atoms with Crippen molar-refractivity contribution < 1.29 is 14.3 Å². The van der Waals surface area contributed by atoms with E-state index in [1.807, 2.05) is 0 Å². The molecule has 1 saturated carbocycles. The van der Waals surface area contributed by atoms with E-state index in [0.29, 0.717) is 6.61 Å². The summed E-state index contributed by atoms with van der Waals surface area (Å²) in [5.41, 5.74) is -0.662. The van der Waals surface area contributed by atoms with Crippen LogP contribution in [0.2, 0.25) is 0 Å². The molecule has 0 aromatic carbocycles. The average Bonchev–Trinajstić information content (AvgIpc) is 2.19. The number of carbonyl (C=O) groups excluding carboxylic acids is 2. The van der Waals surface area contributed by atoms with E-state index in [2.05, 4.69) is 5.32 Å². The number of ether oxygens (including phenoxy) is 1. The third-order valence-electron chi connectivity index (χ3n) is 3.00. The van der Waals surface area contributed by atoms with Gasteiger partial charge in [-0.1, -0.05) is 19.3 Å². The van der Waals surface area contributed by atoms with Crippen molar-refractivity contribution in [3.8, 4) is 0 Å². The number of ketones is 1. The van der Waals surface area contributed by atoms with Crippen LogP contribution < -0.4 is 5.32 Å². The third kappa shape index (κ3) is 2.94. The molecule has 0 bridgehead atoms. The molecule has 0 spiro atoms. The van der Waals surface area contributed by atoms with Crippen LogP contribution in [0.4, 0.5) is 4.79 Å². The molecule has 1 N–H and O–H groups in total. The van der Waals surface area contributed by atoms with Crippen molar-refractivity contribution in [3.63, 3.8) is 0 Å². The normalized spacial score (nSPS) is 19.3. The first-order chi connectivity index (χ1) is 7.10. The van der Waals surface area contributed by atoms with Gasteiger partial charge in [0.1, 0.15) is 5.54 Å². The van der Waals surface area contributed by atoms with E-state index >= 15 is 0 Å². The molecule has 0 radical (unpaired) electrons. The SMILES string of the molecule is CCOC(=O)NC1(C(C)=O)CCCCC1. The van der Waals surface area contributed by atoms with Gasteiger partial charge < -0.3 is 10.1 Å². The fourth-order valence-corrected chi connectivity index (χ4v) is 2.08. The van der Waals surface area contributed by atoms with Crippen molar-refractivity contribution in [2.75, 3.05) is 6.61 Å². The Kier molecular flexibility index (Phi) is 4.12. The smallest absolute Gasteiger partial charge is 0.407 e. The molecule has 4 nitrogen and oxygen atoms in total. The number of nitrogens with one attached hydrogen (secondary N) is 1. The predicted octanol–water partition coefficient (Wildman–Crippen LogP) is 2.02. The van der Waals surface area contributed by atoms with Crippen LogP contribution in [-0.4, -0.2) is 24.0 Å². The second-order valence-electron chi connectivity index (χ2n) is 4.04. The predicted molar refractivity (Wildman–Crippen MR) is 56.7 cm³/mol. The number of hydrogen-bond donors (Lipinski definition) is 1. The molecule has 0 atom stereocenters. The number of amides is 1. The summed E-state index contributed by atoms with van der Waals surface area (Å²) < 4.78 is 4.82. The Labute approximate surface area is 90.4 Å². The lowest BCUT2D eigenvalue weighted by atomic mass is 9.79. The maximum absolute atomic E-state index is 11.6. The lowest BCUT2D eigenvalue weighted by molar-refractivity contribution is -0.124. The second kappa shape index (κ2) is 5.14. The Morgan fingerprint density at radius 3 is 2.33 bits per heavy atom. The summed E-state index contributed by atoms with van der Waals surface area (Å²) in [6.07, 6.45) is 4.12. The van der Waals surface area contributed by atoms with E-state index in [-0.39, 0.29) is 5.78 Å². The van der Waals surface area contributed by atoms with Crippen LogP contribution in [0.1, 0.15) is 46.0 Å². The van der Waals surface area contributed by atoms with E-state index in [1.165, 1.54) is 6.92 Å². The lowest BCUT2D eigenvalue weighted by Gasteiger charge is -2.35. The first-order valence-corrected chi connectivity index (χ1v) is 5.57. The highest BCUT2D eigenvalue weighted by Crippen LogP contribution is 2.29. The minimum Gasteiger partial charge on any atom is -0.450 e. The number of hydrogen-bond acceptors (Lipinski definition) is 3. The Morgan fingerprint density at radius 1 is 1.27 bits per heavy atom. The highest BCUT2D eigenvalue weighted by Gasteiger charge is 2.38. The number of alkyl carbamates (subject to hydrolysis) is 1. The van der Waals surface area contributed by atoms with E-state index in [9.17, 15) is 9.59 Å². The molecule has 1 aliphatic carbocycles. The van der Waals surface area contributed by atoms with Gasteiger partial charge in [-0.2, -0.15) is 0 Å². The molecule has 4 heteroatoms. The maximum Gasteiger partial charge on any atom is 0.407 e.